The van der Waals surface area contributed by atoms with E-state index in [-0.39, 0.29) is 6.04 Å². The summed E-state index contributed by atoms with van der Waals surface area (Å²) in [7, 11) is 0. The summed E-state index contributed by atoms with van der Waals surface area (Å²) >= 11 is 15.9. The molecule has 3 rings (SSSR count). The zero-order chi connectivity index (χ0) is 14.8. The van der Waals surface area contributed by atoms with Gasteiger partial charge in [-0.05, 0) is 49.9 Å². The Hall–Kier alpha value is -0.0600. The Morgan fingerprint density at radius 3 is 2.67 bits per heavy atom. The molecule has 1 aliphatic rings. The van der Waals surface area contributed by atoms with Crippen molar-refractivity contribution in [3.63, 3.8) is 0 Å². The van der Waals surface area contributed by atoms with E-state index in [9.17, 15) is 0 Å². The maximum atomic E-state index is 6.38. The second-order valence-electron chi connectivity index (χ2n) is 5.43. The average molecular weight is 360 g/mol. The quantitative estimate of drug-likeness (QED) is 0.651. The molecule has 2 aromatic rings. The third kappa shape index (κ3) is 3.48. The highest BCUT2D eigenvalue weighted by Crippen LogP contribution is 2.41. The highest BCUT2D eigenvalue weighted by atomic mass is 35.5. The molecule has 0 saturated heterocycles. The first-order valence-corrected chi connectivity index (χ1v) is 9.87. The Morgan fingerprint density at radius 2 is 1.95 bits per heavy atom. The molecule has 0 aromatic carbocycles. The fourth-order valence-corrected chi connectivity index (χ4v) is 5.84. The third-order valence-corrected chi connectivity index (χ3v) is 6.77. The molecule has 0 bridgehead atoms. The van der Waals surface area contributed by atoms with Gasteiger partial charge in [-0.1, -0.05) is 36.5 Å². The molecule has 114 valence electrons. The first-order valence-electron chi connectivity index (χ1n) is 7.48. The molecule has 0 fully saturated rings. The molecule has 2 aromatic heterocycles. The SMILES string of the molecule is CCNC(c1cc2c(s1)CCCCC2)c1cc(Cl)sc1Cl. The van der Waals surface area contributed by atoms with Crippen molar-refractivity contribution in [1.82, 2.24) is 5.32 Å². The van der Waals surface area contributed by atoms with Gasteiger partial charge in [-0.3, -0.25) is 0 Å². The normalized spacial score (nSPS) is 16.5. The van der Waals surface area contributed by atoms with Crippen molar-refractivity contribution < 1.29 is 0 Å². The summed E-state index contributed by atoms with van der Waals surface area (Å²) in [6.07, 6.45) is 6.46. The van der Waals surface area contributed by atoms with Crippen molar-refractivity contribution >= 4 is 45.9 Å². The van der Waals surface area contributed by atoms with Gasteiger partial charge in [-0.15, -0.1) is 22.7 Å². The van der Waals surface area contributed by atoms with Crippen molar-refractivity contribution in [2.24, 2.45) is 0 Å². The molecule has 0 aliphatic heterocycles. The summed E-state index contributed by atoms with van der Waals surface area (Å²) in [5.74, 6) is 0. The molecule has 0 saturated carbocycles. The lowest BCUT2D eigenvalue weighted by Gasteiger charge is -2.16. The van der Waals surface area contributed by atoms with Crippen LogP contribution >= 0.6 is 45.9 Å². The lowest BCUT2D eigenvalue weighted by molar-refractivity contribution is 0.640. The predicted molar refractivity (Wildman–Crippen MR) is 95.4 cm³/mol. The van der Waals surface area contributed by atoms with Crippen LogP contribution in [0.2, 0.25) is 8.67 Å². The molecule has 1 nitrogen and oxygen atoms in total. The summed E-state index contributed by atoms with van der Waals surface area (Å²) < 4.78 is 1.56. The molecule has 0 radical (unpaired) electrons. The Labute approximate surface area is 144 Å². The summed E-state index contributed by atoms with van der Waals surface area (Å²) in [6, 6.07) is 4.57. The van der Waals surface area contributed by atoms with E-state index in [1.807, 2.05) is 17.4 Å². The predicted octanol–water partition coefficient (Wildman–Crippen LogP) is 6.08. The van der Waals surface area contributed by atoms with Crippen LogP contribution in [-0.4, -0.2) is 6.54 Å². The van der Waals surface area contributed by atoms with Crippen molar-refractivity contribution in [2.45, 2.75) is 45.1 Å². The highest BCUT2D eigenvalue weighted by molar-refractivity contribution is 7.20. The lowest BCUT2D eigenvalue weighted by Crippen LogP contribution is -2.20. The van der Waals surface area contributed by atoms with Crippen LogP contribution in [0.25, 0.3) is 0 Å². The molecule has 1 aliphatic carbocycles. The minimum Gasteiger partial charge on any atom is -0.306 e. The van der Waals surface area contributed by atoms with Crippen LogP contribution < -0.4 is 5.32 Å². The van der Waals surface area contributed by atoms with E-state index in [2.05, 4.69) is 18.3 Å². The molecule has 21 heavy (non-hydrogen) atoms. The van der Waals surface area contributed by atoms with Crippen molar-refractivity contribution in [3.8, 4) is 0 Å². The van der Waals surface area contributed by atoms with Gasteiger partial charge in [-0.2, -0.15) is 0 Å². The van der Waals surface area contributed by atoms with Crippen LogP contribution in [0, 0.1) is 0 Å². The van der Waals surface area contributed by atoms with Gasteiger partial charge >= 0.3 is 0 Å². The van der Waals surface area contributed by atoms with Crippen LogP contribution in [0.5, 0.6) is 0 Å². The maximum absolute atomic E-state index is 6.38. The molecule has 1 unspecified atom stereocenters. The number of thiophene rings is 2. The number of aryl methyl sites for hydroxylation is 2. The van der Waals surface area contributed by atoms with Gasteiger partial charge in [0.05, 0.1) is 14.7 Å². The minimum atomic E-state index is 0.170. The number of halogens is 2. The van der Waals surface area contributed by atoms with Crippen LogP contribution in [0.1, 0.15) is 53.1 Å². The van der Waals surface area contributed by atoms with E-state index < -0.39 is 0 Å². The summed E-state index contributed by atoms with van der Waals surface area (Å²) in [5.41, 5.74) is 2.66. The van der Waals surface area contributed by atoms with Gasteiger partial charge in [0.25, 0.3) is 0 Å². The fourth-order valence-electron chi connectivity index (χ4n) is 2.95. The Kier molecular flexibility index (Phi) is 5.28. The standard InChI is InChI=1S/C16H19Cl2NS2/c1-2-19-15(11-9-14(17)21-16(11)18)13-8-10-6-4-3-5-7-12(10)20-13/h8-9,15,19H,2-7H2,1H3. The zero-order valence-electron chi connectivity index (χ0n) is 12.0. The number of nitrogens with one attached hydrogen (secondary N) is 1. The van der Waals surface area contributed by atoms with Crippen LogP contribution in [-0.2, 0) is 12.8 Å². The van der Waals surface area contributed by atoms with Crippen molar-refractivity contribution in [2.75, 3.05) is 6.54 Å². The van der Waals surface area contributed by atoms with Crippen LogP contribution in [0.4, 0.5) is 0 Å². The molecule has 1 N–H and O–H groups in total. The number of rotatable bonds is 4. The summed E-state index contributed by atoms with van der Waals surface area (Å²) in [6.45, 7) is 3.05. The first-order chi connectivity index (χ1) is 10.2. The van der Waals surface area contributed by atoms with Gasteiger partial charge in [0.2, 0.25) is 0 Å². The highest BCUT2D eigenvalue weighted by Gasteiger charge is 2.22. The van der Waals surface area contributed by atoms with Gasteiger partial charge in [0, 0.05) is 15.3 Å². The molecular formula is C16H19Cl2NS2. The summed E-state index contributed by atoms with van der Waals surface area (Å²) in [5, 5.41) is 3.57. The van der Waals surface area contributed by atoms with Crippen molar-refractivity contribution in [3.05, 3.63) is 41.7 Å². The lowest BCUT2D eigenvalue weighted by atomic mass is 10.1. The molecule has 5 heteroatoms. The van der Waals surface area contributed by atoms with Gasteiger partial charge in [-0.25, -0.2) is 0 Å². The first kappa shape index (κ1) is 15.8. The maximum Gasteiger partial charge on any atom is 0.0995 e. The minimum absolute atomic E-state index is 0.170. The van der Waals surface area contributed by atoms with Crippen LogP contribution in [0.15, 0.2) is 12.1 Å². The van der Waals surface area contributed by atoms with E-state index >= 15 is 0 Å². The smallest absolute Gasteiger partial charge is 0.0995 e. The molecular weight excluding hydrogens is 341 g/mol. The average Bonchev–Trinajstić information content (AvgIpc) is 2.92. The monoisotopic (exact) mass is 359 g/mol. The zero-order valence-corrected chi connectivity index (χ0v) is 15.2. The molecule has 1 atom stereocenters. The van der Waals surface area contributed by atoms with E-state index in [0.29, 0.717) is 0 Å². The number of hydrogen-bond acceptors (Lipinski definition) is 3. The molecule has 0 spiro atoms. The van der Waals surface area contributed by atoms with E-state index in [1.54, 1.807) is 10.4 Å². The van der Waals surface area contributed by atoms with Gasteiger partial charge in [0.1, 0.15) is 0 Å². The van der Waals surface area contributed by atoms with Gasteiger partial charge in [0.15, 0.2) is 0 Å². The number of fused-ring (bicyclic) bond motifs is 1. The second-order valence-corrected chi connectivity index (χ2v) is 8.88. The molecule has 0 amide bonds. The fraction of sp³-hybridized carbons (Fsp3) is 0.500. The summed E-state index contributed by atoms with van der Waals surface area (Å²) in [4.78, 5) is 2.95. The van der Waals surface area contributed by atoms with E-state index in [0.717, 1.165) is 20.8 Å². The van der Waals surface area contributed by atoms with Crippen molar-refractivity contribution in [1.29, 1.82) is 0 Å². The Morgan fingerprint density at radius 1 is 1.14 bits per heavy atom. The van der Waals surface area contributed by atoms with Crippen LogP contribution in [0.3, 0.4) is 0 Å². The topological polar surface area (TPSA) is 12.0 Å². The van der Waals surface area contributed by atoms with E-state index in [4.69, 9.17) is 23.2 Å². The number of hydrogen-bond donors (Lipinski definition) is 1. The Balaban J connectivity index is 1.96. The largest absolute Gasteiger partial charge is 0.306 e. The molecule has 2 heterocycles. The van der Waals surface area contributed by atoms with E-state index in [1.165, 1.54) is 48.3 Å². The Bertz CT molecular complexity index is 594. The van der Waals surface area contributed by atoms with Gasteiger partial charge < -0.3 is 5.32 Å². The third-order valence-electron chi connectivity index (χ3n) is 3.95. The second kappa shape index (κ2) is 7.01.